The van der Waals surface area contributed by atoms with Gasteiger partial charge in [0.25, 0.3) is 0 Å². The van der Waals surface area contributed by atoms with E-state index >= 15 is 0 Å². The highest BCUT2D eigenvalue weighted by atomic mass is 16.1. The third-order valence-corrected chi connectivity index (χ3v) is 5.99. The van der Waals surface area contributed by atoms with Crippen molar-refractivity contribution in [3.05, 3.63) is 0 Å². The first kappa shape index (κ1) is 10.5. The van der Waals surface area contributed by atoms with Crippen LogP contribution in [-0.2, 0) is 4.79 Å². The number of carbonyl (C=O) groups excluding carboxylic acids is 1. The predicted molar refractivity (Wildman–Crippen MR) is 66.3 cm³/mol. The first-order valence-electron chi connectivity index (χ1n) is 7.46. The average molecular weight is 233 g/mol. The second kappa shape index (κ2) is 3.34. The first-order chi connectivity index (χ1) is 8.16. The fraction of sp³-hybridized carbons (Fsp3) is 0.933. The van der Waals surface area contributed by atoms with Gasteiger partial charge in [0.1, 0.15) is 0 Å². The summed E-state index contributed by atoms with van der Waals surface area (Å²) in [6.07, 6.45) is 10.1. The molecule has 1 unspecified atom stereocenters. The zero-order valence-corrected chi connectivity index (χ0v) is 10.5. The van der Waals surface area contributed by atoms with Crippen molar-refractivity contribution in [2.75, 3.05) is 0 Å². The molecule has 0 aliphatic heterocycles. The van der Waals surface area contributed by atoms with Gasteiger partial charge in [0.05, 0.1) is 6.04 Å². The Morgan fingerprint density at radius 1 is 1.00 bits per heavy atom. The molecule has 0 aromatic rings. The second-order valence-corrected chi connectivity index (χ2v) is 7.43. The minimum absolute atomic E-state index is 0.0384. The first-order valence-corrected chi connectivity index (χ1v) is 7.46. The van der Waals surface area contributed by atoms with Gasteiger partial charge >= 0.3 is 0 Å². The third-order valence-electron chi connectivity index (χ3n) is 5.99. The van der Waals surface area contributed by atoms with Crippen molar-refractivity contribution in [2.24, 2.45) is 34.8 Å². The molecular weight excluding hydrogens is 210 g/mol. The molecule has 5 saturated carbocycles. The highest BCUT2D eigenvalue weighted by molar-refractivity contribution is 5.90. The Labute approximate surface area is 103 Å². The van der Waals surface area contributed by atoms with E-state index in [1.807, 2.05) is 0 Å². The van der Waals surface area contributed by atoms with E-state index in [4.69, 9.17) is 5.73 Å². The normalized spacial score (nSPS) is 49.4. The molecule has 0 saturated heterocycles. The number of rotatable bonds is 3. The molecule has 2 nitrogen and oxygen atoms in total. The minimum atomic E-state index is -0.119. The lowest BCUT2D eigenvalue weighted by Gasteiger charge is -2.56. The van der Waals surface area contributed by atoms with E-state index in [0.29, 0.717) is 11.7 Å². The summed E-state index contributed by atoms with van der Waals surface area (Å²) in [5, 5.41) is 0. The van der Waals surface area contributed by atoms with Crippen LogP contribution in [0.5, 0.6) is 0 Å². The molecule has 5 aliphatic carbocycles. The van der Waals surface area contributed by atoms with Crippen molar-refractivity contribution in [3.63, 3.8) is 0 Å². The fourth-order valence-corrected chi connectivity index (χ4v) is 5.44. The largest absolute Gasteiger partial charge is 0.321 e. The van der Waals surface area contributed by atoms with Crippen molar-refractivity contribution in [1.29, 1.82) is 0 Å². The molecule has 0 radical (unpaired) electrons. The van der Waals surface area contributed by atoms with Crippen molar-refractivity contribution >= 4 is 5.78 Å². The summed E-state index contributed by atoms with van der Waals surface area (Å²) >= 11 is 0. The Kier molecular flexibility index (Phi) is 2.07. The van der Waals surface area contributed by atoms with Crippen LogP contribution >= 0.6 is 0 Å². The summed E-state index contributed by atoms with van der Waals surface area (Å²) < 4.78 is 0. The predicted octanol–water partition coefficient (Wildman–Crippen LogP) is 2.51. The van der Waals surface area contributed by atoms with Gasteiger partial charge in [-0.1, -0.05) is 0 Å². The van der Waals surface area contributed by atoms with Crippen LogP contribution in [0.4, 0.5) is 0 Å². The highest BCUT2D eigenvalue weighted by Crippen LogP contribution is 2.61. The average Bonchev–Trinajstić information content (AvgIpc) is 3.09. The smallest absolute Gasteiger partial charge is 0.155 e. The molecule has 94 valence electrons. The minimum Gasteiger partial charge on any atom is -0.321 e. The van der Waals surface area contributed by atoms with Crippen LogP contribution in [0.2, 0.25) is 0 Å². The Balaban J connectivity index is 1.61. The SMILES string of the molecule is NC(C(=O)C12CC3CC(CC(C3)C1)C2)C1CC1. The van der Waals surface area contributed by atoms with Crippen molar-refractivity contribution in [3.8, 4) is 0 Å². The Hall–Kier alpha value is -0.370. The Morgan fingerprint density at radius 3 is 1.88 bits per heavy atom. The number of hydrogen-bond acceptors (Lipinski definition) is 2. The Bertz CT molecular complexity index is 323. The monoisotopic (exact) mass is 233 g/mol. The molecule has 5 aliphatic rings. The van der Waals surface area contributed by atoms with E-state index in [-0.39, 0.29) is 11.5 Å². The maximum atomic E-state index is 12.8. The van der Waals surface area contributed by atoms with Crippen LogP contribution in [0, 0.1) is 29.1 Å². The zero-order chi connectivity index (χ0) is 11.6. The molecule has 0 amide bonds. The molecule has 0 spiro atoms. The molecule has 5 rings (SSSR count). The van der Waals surface area contributed by atoms with Crippen LogP contribution in [0.1, 0.15) is 51.4 Å². The molecule has 0 aromatic heterocycles. The van der Waals surface area contributed by atoms with Gasteiger partial charge in [0.15, 0.2) is 5.78 Å². The van der Waals surface area contributed by atoms with Gasteiger partial charge in [-0.05, 0) is 75.0 Å². The van der Waals surface area contributed by atoms with Crippen LogP contribution in [0.25, 0.3) is 0 Å². The van der Waals surface area contributed by atoms with Gasteiger partial charge in [-0.15, -0.1) is 0 Å². The molecule has 0 aromatic carbocycles. The molecule has 4 bridgehead atoms. The molecule has 1 atom stereocenters. The standard InChI is InChI=1S/C15H23NO/c16-13(12-1-2-12)14(17)15-6-9-3-10(7-15)5-11(4-9)8-15/h9-13H,1-8,16H2. The van der Waals surface area contributed by atoms with Crippen molar-refractivity contribution in [1.82, 2.24) is 0 Å². The van der Waals surface area contributed by atoms with Crippen molar-refractivity contribution in [2.45, 2.75) is 57.4 Å². The summed E-state index contributed by atoms with van der Waals surface area (Å²) in [7, 11) is 0. The van der Waals surface area contributed by atoms with Crippen LogP contribution < -0.4 is 5.73 Å². The number of nitrogens with two attached hydrogens (primary N) is 1. The van der Waals surface area contributed by atoms with Gasteiger partial charge in [-0.3, -0.25) is 4.79 Å². The summed E-state index contributed by atoms with van der Waals surface area (Å²) in [6.45, 7) is 0. The summed E-state index contributed by atoms with van der Waals surface area (Å²) in [5.41, 5.74) is 6.23. The van der Waals surface area contributed by atoms with E-state index in [1.165, 1.54) is 51.4 Å². The van der Waals surface area contributed by atoms with Crippen LogP contribution in [-0.4, -0.2) is 11.8 Å². The van der Waals surface area contributed by atoms with Gasteiger partial charge < -0.3 is 5.73 Å². The third kappa shape index (κ3) is 1.53. The van der Waals surface area contributed by atoms with Crippen LogP contribution in [0.3, 0.4) is 0 Å². The van der Waals surface area contributed by atoms with E-state index in [2.05, 4.69) is 0 Å². The van der Waals surface area contributed by atoms with Gasteiger partial charge in [0.2, 0.25) is 0 Å². The summed E-state index contributed by atoms with van der Waals surface area (Å²) in [6, 6.07) is -0.119. The summed E-state index contributed by atoms with van der Waals surface area (Å²) in [4.78, 5) is 12.8. The fourth-order valence-electron chi connectivity index (χ4n) is 5.44. The lowest BCUT2D eigenvalue weighted by molar-refractivity contribution is -0.145. The lowest BCUT2D eigenvalue weighted by atomic mass is 9.48. The van der Waals surface area contributed by atoms with Crippen LogP contribution in [0.15, 0.2) is 0 Å². The molecule has 0 heterocycles. The van der Waals surface area contributed by atoms with E-state index in [1.54, 1.807) is 0 Å². The van der Waals surface area contributed by atoms with Gasteiger partial charge in [0, 0.05) is 5.41 Å². The number of Topliss-reactive ketones (excluding diaryl/α,β-unsaturated/α-hetero) is 1. The number of ketones is 1. The quantitative estimate of drug-likeness (QED) is 0.814. The highest BCUT2D eigenvalue weighted by Gasteiger charge is 2.56. The molecule has 17 heavy (non-hydrogen) atoms. The van der Waals surface area contributed by atoms with Crippen molar-refractivity contribution < 1.29 is 4.79 Å². The molecular formula is C15H23NO. The molecule has 5 fully saturated rings. The lowest BCUT2D eigenvalue weighted by Crippen LogP contribution is -2.54. The van der Waals surface area contributed by atoms with Gasteiger partial charge in [-0.25, -0.2) is 0 Å². The van der Waals surface area contributed by atoms with Gasteiger partial charge in [-0.2, -0.15) is 0 Å². The molecule has 2 heteroatoms. The maximum Gasteiger partial charge on any atom is 0.155 e. The Morgan fingerprint density at radius 2 is 1.47 bits per heavy atom. The second-order valence-electron chi connectivity index (χ2n) is 7.43. The van der Waals surface area contributed by atoms with E-state index < -0.39 is 0 Å². The topological polar surface area (TPSA) is 43.1 Å². The number of hydrogen-bond donors (Lipinski definition) is 1. The summed E-state index contributed by atoms with van der Waals surface area (Å²) in [5.74, 6) is 3.57. The maximum absolute atomic E-state index is 12.8. The number of carbonyl (C=O) groups is 1. The van der Waals surface area contributed by atoms with E-state index in [0.717, 1.165) is 17.8 Å². The van der Waals surface area contributed by atoms with E-state index in [9.17, 15) is 4.79 Å². The molecule has 2 N–H and O–H groups in total. The zero-order valence-electron chi connectivity index (χ0n) is 10.5.